The van der Waals surface area contributed by atoms with Crippen molar-refractivity contribution in [2.75, 3.05) is 26.2 Å². The highest BCUT2D eigenvalue weighted by Gasteiger charge is 2.23. The summed E-state index contributed by atoms with van der Waals surface area (Å²) in [5.74, 6) is 0. The standard InChI is InChI=1S/C39H82N.BH4/c1-5-9-12-15-18-20-22-24-26-29-32-35-38-40(8-4,37-34-31-28-17-14-11-7-3)39-36-33-30-27-25-23-21-19-16-13-10-6-2;/h5-39H2,1-4H3;1H4/q+1;-1. The van der Waals surface area contributed by atoms with Crippen LogP contribution in [0, 0.1) is 0 Å². The van der Waals surface area contributed by atoms with E-state index >= 15 is 0 Å². The molecule has 0 radical (unpaired) electrons. The number of nitrogens with zero attached hydrogens (tertiary/aromatic N) is 1. The van der Waals surface area contributed by atoms with Gasteiger partial charge in [-0.3, -0.25) is 0 Å². The third-order valence-electron chi connectivity index (χ3n) is 9.88. The van der Waals surface area contributed by atoms with Crippen LogP contribution in [-0.4, -0.2) is 39.1 Å². The largest absolute Gasteiger partial charge is 0.324 e. The maximum atomic E-state index is 2.50. The average Bonchev–Trinajstić information content (AvgIpc) is 2.97. The highest BCUT2D eigenvalue weighted by atomic mass is 15.3. The van der Waals surface area contributed by atoms with Gasteiger partial charge in [0.15, 0.2) is 0 Å². The van der Waals surface area contributed by atoms with Crippen LogP contribution >= 0.6 is 0 Å². The van der Waals surface area contributed by atoms with E-state index in [1.54, 1.807) is 0 Å². The molecular weight excluding hydrogens is 493 g/mol. The molecule has 0 aliphatic rings. The topological polar surface area (TPSA) is 0 Å². The van der Waals surface area contributed by atoms with E-state index in [1.807, 2.05) is 0 Å². The van der Waals surface area contributed by atoms with Gasteiger partial charge in [0.2, 0.25) is 0 Å². The van der Waals surface area contributed by atoms with Crippen LogP contribution in [0.3, 0.4) is 0 Å². The first-order valence-electron chi connectivity index (χ1n) is 19.6. The highest BCUT2D eigenvalue weighted by molar-refractivity contribution is 5.75. The Bertz CT molecular complexity index is 423. The summed E-state index contributed by atoms with van der Waals surface area (Å²) in [5.41, 5.74) is 0. The second-order valence-corrected chi connectivity index (χ2v) is 13.7. The summed E-state index contributed by atoms with van der Waals surface area (Å²) < 4.78 is 1.44. The summed E-state index contributed by atoms with van der Waals surface area (Å²) in [6.07, 6.45) is 45.3. The van der Waals surface area contributed by atoms with Gasteiger partial charge in [0.1, 0.15) is 0 Å². The van der Waals surface area contributed by atoms with E-state index in [-0.39, 0.29) is 8.41 Å². The van der Waals surface area contributed by atoms with Crippen LogP contribution in [0.15, 0.2) is 0 Å². The molecule has 0 unspecified atom stereocenters. The average molecular weight is 580 g/mol. The Morgan fingerprint density at radius 2 is 0.415 bits per heavy atom. The fraction of sp³-hybridized carbons (Fsp3) is 1.00. The van der Waals surface area contributed by atoms with Crippen LogP contribution in [0.5, 0.6) is 0 Å². The van der Waals surface area contributed by atoms with Crippen LogP contribution in [0.25, 0.3) is 0 Å². The van der Waals surface area contributed by atoms with E-state index in [9.17, 15) is 0 Å². The molecule has 1 nitrogen and oxygen atoms in total. The Morgan fingerprint density at radius 3 is 0.585 bits per heavy atom. The summed E-state index contributed by atoms with van der Waals surface area (Å²) in [6.45, 7) is 15.2. The molecule has 0 rings (SSSR count). The minimum Gasteiger partial charge on any atom is -0.324 e. The molecule has 0 saturated carbocycles. The van der Waals surface area contributed by atoms with Crippen LogP contribution in [0.1, 0.15) is 227 Å². The Kier molecular flexibility index (Phi) is 38.1. The monoisotopic (exact) mass is 580 g/mol. The maximum Gasteiger partial charge on any atom is 0.0786 e. The van der Waals surface area contributed by atoms with Gasteiger partial charge in [-0.15, -0.1) is 0 Å². The number of hydrogen-bond acceptors (Lipinski definition) is 0. The van der Waals surface area contributed by atoms with Crippen molar-refractivity contribution in [1.82, 2.24) is 0 Å². The maximum absolute atomic E-state index is 2.50. The molecule has 0 aliphatic heterocycles. The first kappa shape index (κ1) is 43.2. The van der Waals surface area contributed by atoms with Crippen molar-refractivity contribution in [1.29, 1.82) is 0 Å². The second kappa shape index (κ2) is 36.2. The fourth-order valence-electron chi connectivity index (χ4n) is 6.79. The molecule has 0 fully saturated rings. The van der Waals surface area contributed by atoms with E-state index in [1.165, 1.54) is 230 Å². The predicted octanol–water partition coefficient (Wildman–Crippen LogP) is 12.5. The number of rotatable bonds is 35. The number of hydrogen-bond donors (Lipinski definition) is 0. The molecule has 0 aromatic carbocycles. The molecule has 0 aromatic heterocycles. The lowest BCUT2D eigenvalue weighted by atomic mass is 10.0. The van der Waals surface area contributed by atoms with Crippen molar-refractivity contribution < 1.29 is 4.48 Å². The number of unbranched alkanes of at least 4 members (excludes halogenated alkanes) is 28. The zero-order valence-electron chi connectivity index (χ0n) is 29.2. The minimum atomic E-state index is 0. The molecule has 0 amide bonds. The van der Waals surface area contributed by atoms with Crippen molar-refractivity contribution in [3.05, 3.63) is 0 Å². The van der Waals surface area contributed by atoms with Gasteiger partial charge >= 0.3 is 0 Å². The lowest BCUT2D eigenvalue weighted by molar-refractivity contribution is -0.927. The molecule has 41 heavy (non-hydrogen) atoms. The van der Waals surface area contributed by atoms with Crippen molar-refractivity contribution in [3.8, 4) is 0 Å². The first-order chi connectivity index (χ1) is 19.7. The molecule has 0 heterocycles. The lowest BCUT2D eigenvalue weighted by Gasteiger charge is -2.38. The van der Waals surface area contributed by atoms with Gasteiger partial charge in [-0.1, -0.05) is 190 Å². The van der Waals surface area contributed by atoms with Crippen molar-refractivity contribution in [2.45, 2.75) is 227 Å². The first-order valence-corrected chi connectivity index (χ1v) is 19.6. The summed E-state index contributed by atoms with van der Waals surface area (Å²) in [7, 11) is 0. The molecule has 0 saturated heterocycles. The van der Waals surface area contributed by atoms with Crippen LogP contribution in [0.2, 0.25) is 0 Å². The van der Waals surface area contributed by atoms with Crippen molar-refractivity contribution >= 4 is 8.41 Å². The number of quaternary nitrogens is 1. The van der Waals surface area contributed by atoms with Gasteiger partial charge in [0.05, 0.1) is 26.2 Å². The molecule has 250 valence electrons. The van der Waals surface area contributed by atoms with Gasteiger partial charge < -0.3 is 4.48 Å². The Hall–Kier alpha value is 0.0249. The minimum absolute atomic E-state index is 0. The molecule has 0 N–H and O–H groups in total. The smallest absolute Gasteiger partial charge is 0.0786 e. The third-order valence-corrected chi connectivity index (χ3v) is 9.88. The van der Waals surface area contributed by atoms with Gasteiger partial charge in [0, 0.05) is 0 Å². The molecule has 0 aliphatic carbocycles. The van der Waals surface area contributed by atoms with Crippen LogP contribution < -0.4 is 0 Å². The summed E-state index contributed by atoms with van der Waals surface area (Å²) >= 11 is 0. The Labute approximate surface area is 265 Å². The van der Waals surface area contributed by atoms with Gasteiger partial charge in [-0.25, -0.2) is 0 Å². The highest BCUT2D eigenvalue weighted by Crippen LogP contribution is 2.19. The predicted molar refractivity (Wildman–Crippen MR) is 197 cm³/mol. The molecular formula is C39H86BN. The Balaban J connectivity index is 0. The lowest BCUT2D eigenvalue weighted by Crippen LogP contribution is -2.50. The zero-order valence-corrected chi connectivity index (χ0v) is 29.2. The van der Waals surface area contributed by atoms with Gasteiger partial charge in [0.25, 0.3) is 0 Å². The van der Waals surface area contributed by atoms with E-state index < -0.39 is 0 Å². The van der Waals surface area contributed by atoms with Gasteiger partial charge in [-0.2, -0.15) is 0 Å². The van der Waals surface area contributed by atoms with Crippen LogP contribution in [-0.2, 0) is 0 Å². The Morgan fingerprint density at radius 1 is 0.244 bits per heavy atom. The normalized spacial score (nSPS) is 11.7. The quantitative estimate of drug-likeness (QED) is 0.0398. The van der Waals surface area contributed by atoms with Crippen LogP contribution in [0.4, 0.5) is 0 Å². The van der Waals surface area contributed by atoms with E-state index in [4.69, 9.17) is 0 Å². The third kappa shape index (κ3) is 31.3. The summed E-state index contributed by atoms with van der Waals surface area (Å²) in [6, 6.07) is 0. The van der Waals surface area contributed by atoms with Crippen molar-refractivity contribution in [3.63, 3.8) is 0 Å². The molecule has 0 bridgehead atoms. The second-order valence-electron chi connectivity index (χ2n) is 13.7. The van der Waals surface area contributed by atoms with E-state index in [0.717, 1.165) is 0 Å². The zero-order chi connectivity index (χ0) is 29.2. The summed E-state index contributed by atoms with van der Waals surface area (Å²) in [4.78, 5) is 0. The molecule has 0 aromatic rings. The molecule has 2 heteroatoms. The fourth-order valence-corrected chi connectivity index (χ4v) is 6.79. The molecule has 0 atom stereocenters. The van der Waals surface area contributed by atoms with Gasteiger partial charge in [-0.05, 0) is 45.4 Å². The summed E-state index contributed by atoms with van der Waals surface area (Å²) in [5, 5.41) is 0. The van der Waals surface area contributed by atoms with Crippen molar-refractivity contribution in [2.24, 2.45) is 0 Å². The van der Waals surface area contributed by atoms with E-state index in [0.29, 0.717) is 0 Å². The SMILES string of the molecule is CCCCCCCCCCCCCC[N+](CC)(CCCCCCCCC)CCCCCCCCCCCCCC.[BH4-]. The van der Waals surface area contributed by atoms with E-state index in [2.05, 4.69) is 27.7 Å². The molecule has 0 spiro atoms.